The van der Waals surface area contributed by atoms with Crippen molar-refractivity contribution >= 4 is 0 Å². The fraction of sp³-hybridized carbons (Fsp3) is 1.00. The predicted molar refractivity (Wildman–Crippen MR) is 53.5 cm³/mol. The van der Waals surface area contributed by atoms with E-state index in [0.29, 0.717) is 5.92 Å². The third-order valence-corrected chi connectivity index (χ3v) is 4.47. The van der Waals surface area contributed by atoms with E-state index in [1.54, 1.807) is 0 Å². The molecule has 0 amide bonds. The first-order valence-corrected chi connectivity index (χ1v) is 5.41. The summed E-state index contributed by atoms with van der Waals surface area (Å²) >= 11 is 0. The van der Waals surface area contributed by atoms with E-state index in [2.05, 4.69) is 20.8 Å². The Labute approximate surface area is 80.8 Å². The van der Waals surface area contributed by atoms with Crippen molar-refractivity contribution in [1.29, 1.82) is 0 Å². The molecule has 1 spiro atoms. The maximum atomic E-state index is 6.33. The van der Waals surface area contributed by atoms with Crippen molar-refractivity contribution in [1.82, 2.24) is 0 Å². The fourth-order valence-corrected chi connectivity index (χ4v) is 2.59. The van der Waals surface area contributed by atoms with Crippen molar-refractivity contribution in [2.45, 2.75) is 51.7 Å². The molecule has 0 radical (unpaired) electrons. The van der Waals surface area contributed by atoms with Crippen LogP contribution in [0.5, 0.6) is 0 Å². The van der Waals surface area contributed by atoms with Crippen LogP contribution in [-0.4, -0.2) is 18.2 Å². The molecule has 2 N–H and O–H groups in total. The van der Waals surface area contributed by atoms with Crippen LogP contribution in [-0.2, 0) is 4.74 Å². The number of nitrogens with two attached hydrogens (primary N) is 1. The first-order chi connectivity index (χ1) is 6.01. The van der Waals surface area contributed by atoms with Gasteiger partial charge in [-0.15, -0.1) is 0 Å². The second kappa shape index (κ2) is 2.71. The Morgan fingerprint density at radius 3 is 2.23 bits per heavy atom. The molecule has 2 aliphatic rings. The molecule has 13 heavy (non-hydrogen) atoms. The van der Waals surface area contributed by atoms with Gasteiger partial charge in [-0.25, -0.2) is 0 Å². The van der Waals surface area contributed by atoms with Gasteiger partial charge < -0.3 is 10.5 Å². The van der Waals surface area contributed by atoms with Gasteiger partial charge in [-0.05, 0) is 25.2 Å². The summed E-state index contributed by atoms with van der Waals surface area (Å²) in [6.07, 6.45) is 3.65. The zero-order valence-electron chi connectivity index (χ0n) is 8.97. The molecule has 1 saturated heterocycles. The molecule has 2 unspecified atom stereocenters. The molecule has 1 heterocycles. The first kappa shape index (κ1) is 9.47. The van der Waals surface area contributed by atoms with Crippen LogP contribution in [0, 0.1) is 11.3 Å². The summed E-state index contributed by atoms with van der Waals surface area (Å²) in [4.78, 5) is 0. The van der Waals surface area contributed by atoms with Crippen LogP contribution in [0.25, 0.3) is 0 Å². The highest BCUT2D eigenvalue weighted by Crippen LogP contribution is 2.51. The smallest absolute Gasteiger partial charge is 0.0839 e. The van der Waals surface area contributed by atoms with Crippen molar-refractivity contribution in [3.05, 3.63) is 0 Å². The van der Waals surface area contributed by atoms with E-state index < -0.39 is 0 Å². The van der Waals surface area contributed by atoms with E-state index in [-0.39, 0.29) is 17.1 Å². The topological polar surface area (TPSA) is 35.2 Å². The SMILES string of the molecule is CC(C)C1(C)COC2(CCC2)C1N. The average Bonchev–Trinajstić information content (AvgIpc) is 2.26. The monoisotopic (exact) mass is 183 g/mol. The number of hydrogen-bond donors (Lipinski definition) is 1. The van der Waals surface area contributed by atoms with Crippen molar-refractivity contribution in [2.24, 2.45) is 17.1 Å². The van der Waals surface area contributed by atoms with Crippen LogP contribution >= 0.6 is 0 Å². The summed E-state index contributed by atoms with van der Waals surface area (Å²) in [5.74, 6) is 0.613. The lowest BCUT2D eigenvalue weighted by Crippen LogP contribution is -2.56. The highest BCUT2D eigenvalue weighted by Gasteiger charge is 2.57. The average molecular weight is 183 g/mol. The minimum Gasteiger partial charge on any atom is -0.373 e. The minimum atomic E-state index is 0.0685. The van der Waals surface area contributed by atoms with Crippen LogP contribution in [0.4, 0.5) is 0 Å². The molecule has 0 aromatic heterocycles. The Morgan fingerprint density at radius 2 is 2.00 bits per heavy atom. The van der Waals surface area contributed by atoms with Gasteiger partial charge in [0.05, 0.1) is 12.2 Å². The van der Waals surface area contributed by atoms with Crippen molar-refractivity contribution in [3.63, 3.8) is 0 Å². The van der Waals surface area contributed by atoms with Gasteiger partial charge >= 0.3 is 0 Å². The maximum absolute atomic E-state index is 6.33. The van der Waals surface area contributed by atoms with Crippen LogP contribution in [0.1, 0.15) is 40.0 Å². The highest BCUT2D eigenvalue weighted by atomic mass is 16.5. The molecular formula is C11H21NO. The molecular weight excluding hydrogens is 162 g/mol. The van der Waals surface area contributed by atoms with Crippen LogP contribution in [0.3, 0.4) is 0 Å². The largest absolute Gasteiger partial charge is 0.373 e. The summed E-state index contributed by atoms with van der Waals surface area (Å²) in [7, 11) is 0. The summed E-state index contributed by atoms with van der Waals surface area (Å²) in [5, 5.41) is 0. The second-order valence-corrected chi connectivity index (χ2v) is 5.35. The zero-order valence-corrected chi connectivity index (χ0v) is 8.97. The Balaban J connectivity index is 2.18. The van der Waals surface area contributed by atoms with Gasteiger partial charge in [-0.3, -0.25) is 0 Å². The van der Waals surface area contributed by atoms with Gasteiger partial charge in [0.15, 0.2) is 0 Å². The van der Waals surface area contributed by atoms with Gasteiger partial charge in [0.2, 0.25) is 0 Å². The normalized spacial score (nSPS) is 42.7. The fourth-order valence-electron chi connectivity index (χ4n) is 2.59. The summed E-state index contributed by atoms with van der Waals surface area (Å²) in [6.45, 7) is 7.63. The van der Waals surface area contributed by atoms with Gasteiger partial charge in [0, 0.05) is 11.5 Å². The van der Waals surface area contributed by atoms with Gasteiger partial charge in [0.1, 0.15) is 0 Å². The third-order valence-electron chi connectivity index (χ3n) is 4.47. The quantitative estimate of drug-likeness (QED) is 0.674. The van der Waals surface area contributed by atoms with E-state index in [9.17, 15) is 0 Å². The standard InChI is InChI=1S/C11H21NO/c1-8(2)10(3)7-13-11(9(10)12)5-4-6-11/h8-9H,4-7,12H2,1-3H3. The molecule has 0 aromatic rings. The van der Waals surface area contributed by atoms with Crippen molar-refractivity contribution in [2.75, 3.05) is 6.61 Å². The highest BCUT2D eigenvalue weighted by molar-refractivity contribution is 5.10. The molecule has 1 aliphatic carbocycles. The van der Waals surface area contributed by atoms with E-state index in [1.807, 2.05) is 0 Å². The maximum Gasteiger partial charge on any atom is 0.0839 e. The van der Waals surface area contributed by atoms with Crippen molar-refractivity contribution < 1.29 is 4.74 Å². The minimum absolute atomic E-state index is 0.0685. The van der Waals surface area contributed by atoms with Crippen LogP contribution in [0.2, 0.25) is 0 Å². The molecule has 1 saturated carbocycles. The van der Waals surface area contributed by atoms with Crippen molar-refractivity contribution in [3.8, 4) is 0 Å². The molecule has 0 aromatic carbocycles. The molecule has 2 atom stereocenters. The molecule has 76 valence electrons. The lowest BCUT2D eigenvalue weighted by molar-refractivity contribution is -0.0646. The van der Waals surface area contributed by atoms with E-state index in [4.69, 9.17) is 10.5 Å². The molecule has 0 bridgehead atoms. The Bertz CT molecular complexity index is 210. The van der Waals surface area contributed by atoms with E-state index in [0.717, 1.165) is 6.61 Å². The molecule has 2 heteroatoms. The second-order valence-electron chi connectivity index (χ2n) is 5.35. The third kappa shape index (κ3) is 1.08. The number of hydrogen-bond acceptors (Lipinski definition) is 2. The van der Waals surface area contributed by atoms with Gasteiger partial charge in [-0.2, -0.15) is 0 Å². The Hall–Kier alpha value is -0.0800. The summed E-state index contributed by atoms with van der Waals surface area (Å²) in [6, 6.07) is 0.244. The molecule has 2 nitrogen and oxygen atoms in total. The lowest BCUT2D eigenvalue weighted by atomic mass is 9.64. The Morgan fingerprint density at radius 1 is 1.38 bits per heavy atom. The van der Waals surface area contributed by atoms with Crippen LogP contribution < -0.4 is 5.73 Å². The lowest BCUT2D eigenvalue weighted by Gasteiger charge is -2.44. The summed E-state index contributed by atoms with van der Waals surface area (Å²) in [5.41, 5.74) is 6.59. The molecule has 2 fully saturated rings. The van der Waals surface area contributed by atoms with Gasteiger partial charge in [-0.1, -0.05) is 20.8 Å². The zero-order chi connectivity index (χ0) is 9.69. The first-order valence-electron chi connectivity index (χ1n) is 5.41. The summed E-state index contributed by atoms with van der Waals surface area (Å²) < 4.78 is 5.94. The van der Waals surface area contributed by atoms with E-state index in [1.165, 1.54) is 19.3 Å². The predicted octanol–water partition coefficient (Wildman–Crippen LogP) is 1.93. The van der Waals surface area contributed by atoms with Gasteiger partial charge in [0.25, 0.3) is 0 Å². The number of ether oxygens (including phenoxy) is 1. The Kier molecular flexibility index (Phi) is 1.97. The number of rotatable bonds is 1. The van der Waals surface area contributed by atoms with Crippen LogP contribution in [0.15, 0.2) is 0 Å². The molecule has 2 rings (SSSR count). The molecule has 1 aliphatic heterocycles. The van der Waals surface area contributed by atoms with E-state index >= 15 is 0 Å².